The van der Waals surface area contributed by atoms with Crippen LogP contribution in [0.5, 0.6) is 0 Å². The van der Waals surface area contributed by atoms with Crippen LogP contribution in [0.2, 0.25) is 0 Å². The lowest BCUT2D eigenvalue weighted by Crippen LogP contribution is -2.35. The molecule has 0 saturated heterocycles. The first-order valence-electron chi connectivity index (χ1n) is 6.86. The first-order valence-corrected chi connectivity index (χ1v) is 8.51. The summed E-state index contributed by atoms with van der Waals surface area (Å²) in [5.41, 5.74) is 0.660. The van der Waals surface area contributed by atoms with E-state index in [1.807, 2.05) is 19.9 Å². The summed E-state index contributed by atoms with van der Waals surface area (Å²) in [6.45, 7) is 4.32. The fourth-order valence-corrected chi connectivity index (χ4v) is 3.34. The van der Waals surface area contributed by atoms with Crippen molar-refractivity contribution in [3.8, 4) is 6.07 Å². The number of nitriles is 1. The zero-order valence-corrected chi connectivity index (χ0v) is 13.3. The van der Waals surface area contributed by atoms with Crippen molar-refractivity contribution in [3.63, 3.8) is 0 Å². The van der Waals surface area contributed by atoms with Gasteiger partial charge in [0.1, 0.15) is 0 Å². The maximum absolute atomic E-state index is 12.1. The Morgan fingerprint density at radius 2 is 2.00 bits per heavy atom. The van der Waals surface area contributed by atoms with Gasteiger partial charge in [-0.1, -0.05) is 32.0 Å². The van der Waals surface area contributed by atoms with E-state index in [0.29, 0.717) is 24.1 Å². The summed E-state index contributed by atoms with van der Waals surface area (Å²) in [5, 5.41) is 17.8. The zero-order chi connectivity index (χ0) is 15.9. The molecule has 5 nitrogen and oxygen atoms in total. The van der Waals surface area contributed by atoms with Crippen molar-refractivity contribution in [2.75, 3.05) is 13.2 Å². The quantitative estimate of drug-likeness (QED) is 0.765. The Morgan fingerprint density at radius 1 is 1.33 bits per heavy atom. The number of sulfonamides is 1. The largest absolute Gasteiger partial charge is 0.396 e. The van der Waals surface area contributed by atoms with E-state index in [4.69, 9.17) is 10.4 Å². The lowest BCUT2D eigenvalue weighted by atomic mass is 9.88. The number of nitrogens with one attached hydrogen (secondary N) is 1. The predicted molar refractivity (Wildman–Crippen MR) is 81.9 cm³/mol. The second-order valence-electron chi connectivity index (χ2n) is 5.84. The molecule has 0 unspecified atom stereocenters. The third-order valence-electron chi connectivity index (χ3n) is 3.27. The molecule has 1 rings (SSSR count). The number of aliphatic hydroxyl groups excluding tert-OH is 1. The second-order valence-corrected chi connectivity index (χ2v) is 7.65. The Hall–Kier alpha value is -1.42. The summed E-state index contributed by atoms with van der Waals surface area (Å²) < 4.78 is 26.8. The Balaban J connectivity index is 2.69. The summed E-state index contributed by atoms with van der Waals surface area (Å²) in [6.07, 6.45) is 1.38. The summed E-state index contributed by atoms with van der Waals surface area (Å²) in [4.78, 5) is 0. The molecular weight excluding hydrogens is 288 g/mol. The molecule has 0 aliphatic rings. The van der Waals surface area contributed by atoms with Gasteiger partial charge in [-0.25, -0.2) is 13.1 Å². The number of benzene rings is 1. The van der Waals surface area contributed by atoms with E-state index in [-0.39, 0.29) is 17.8 Å². The summed E-state index contributed by atoms with van der Waals surface area (Å²) >= 11 is 0. The lowest BCUT2D eigenvalue weighted by Gasteiger charge is -2.24. The SMILES string of the molecule is CC(C)(CCCO)CNS(=O)(=O)Cc1ccccc1C#N. The highest BCUT2D eigenvalue weighted by molar-refractivity contribution is 7.88. The molecular formula is C15H22N2O3S. The monoisotopic (exact) mass is 310 g/mol. The fraction of sp³-hybridized carbons (Fsp3) is 0.533. The molecule has 0 amide bonds. The van der Waals surface area contributed by atoms with Crippen LogP contribution in [0, 0.1) is 16.7 Å². The van der Waals surface area contributed by atoms with Gasteiger partial charge in [0.25, 0.3) is 0 Å². The van der Waals surface area contributed by atoms with Gasteiger partial charge in [-0.2, -0.15) is 5.26 Å². The maximum atomic E-state index is 12.1. The summed E-state index contributed by atoms with van der Waals surface area (Å²) in [5.74, 6) is -0.202. The molecule has 0 bridgehead atoms. The normalized spacial score (nSPS) is 12.1. The van der Waals surface area contributed by atoms with Gasteiger partial charge in [-0.15, -0.1) is 0 Å². The van der Waals surface area contributed by atoms with E-state index in [0.717, 1.165) is 6.42 Å². The first-order chi connectivity index (χ1) is 9.79. The molecule has 0 radical (unpaired) electrons. The highest BCUT2D eigenvalue weighted by Crippen LogP contribution is 2.21. The van der Waals surface area contributed by atoms with Gasteiger partial charge in [-0.05, 0) is 29.9 Å². The minimum absolute atomic E-state index is 0.103. The van der Waals surface area contributed by atoms with E-state index in [1.54, 1.807) is 24.3 Å². The number of rotatable bonds is 8. The van der Waals surface area contributed by atoms with Crippen LogP contribution in [0.4, 0.5) is 0 Å². The van der Waals surface area contributed by atoms with Gasteiger partial charge < -0.3 is 5.11 Å². The fourth-order valence-electron chi connectivity index (χ4n) is 1.96. The van der Waals surface area contributed by atoms with Crippen molar-refractivity contribution in [2.24, 2.45) is 5.41 Å². The molecule has 2 N–H and O–H groups in total. The van der Waals surface area contributed by atoms with E-state index in [1.165, 1.54) is 0 Å². The zero-order valence-electron chi connectivity index (χ0n) is 12.5. The van der Waals surface area contributed by atoms with Gasteiger partial charge in [-0.3, -0.25) is 0 Å². The number of nitrogens with zero attached hydrogens (tertiary/aromatic N) is 1. The van der Waals surface area contributed by atoms with Crippen LogP contribution in [0.15, 0.2) is 24.3 Å². The van der Waals surface area contributed by atoms with Crippen LogP contribution in [0.25, 0.3) is 0 Å². The van der Waals surface area contributed by atoms with Crippen LogP contribution in [0.1, 0.15) is 37.8 Å². The molecule has 1 aromatic carbocycles. The minimum atomic E-state index is -3.49. The molecule has 0 aromatic heterocycles. The van der Waals surface area contributed by atoms with Gasteiger partial charge in [0.2, 0.25) is 10.0 Å². The van der Waals surface area contributed by atoms with Crippen molar-refractivity contribution >= 4 is 10.0 Å². The van der Waals surface area contributed by atoms with E-state index in [9.17, 15) is 8.42 Å². The van der Waals surface area contributed by atoms with E-state index < -0.39 is 10.0 Å². The van der Waals surface area contributed by atoms with Gasteiger partial charge in [0.05, 0.1) is 17.4 Å². The minimum Gasteiger partial charge on any atom is -0.396 e. The Labute approximate surface area is 126 Å². The van der Waals surface area contributed by atoms with Crippen molar-refractivity contribution in [3.05, 3.63) is 35.4 Å². The third-order valence-corrected chi connectivity index (χ3v) is 4.54. The molecule has 1 aromatic rings. The van der Waals surface area contributed by atoms with Gasteiger partial charge in [0, 0.05) is 13.2 Å². The van der Waals surface area contributed by atoms with Gasteiger partial charge in [0.15, 0.2) is 0 Å². The van der Waals surface area contributed by atoms with Crippen molar-refractivity contribution < 1.29 is 13.5 Å². The van der Waals surface area contributed by atoms with Crippen molar-refractivity contribution in [2.45, 2.75) is 32.4 Å². The topological polar surface area (TPSA) is 90.2 Å². The Bertz CT molecular complexity index is 604. The molecule has 0 aliphatic heterocycles. The maximum Gasteiger partial charge on any atom is 0.215 e. The van der Waals surface area contributed by atoms with Crippen molar-refractivity contribution in [1.82, 2.24) is 4.72 Å². The first kappa shape index (κ1) is 17.6. The van der Waals surface area contributed by atoms with E-state index >= 15 is 0 Å². The van der Waals surface area contributed by atoms with Crippen LogP contribution in [0.3, 0.4) is 0 Å². The molecule has 6 heteroatoms. The highest BCUT2D eigenvalue weighted by atomic mass is 32.2. The van der Waals surface area contributed by atoms with Crippen LogP contribution in [-0.2, 0) is 15.8 Å². The predicted octanol–water partition coefficient (Wildman–Crippen LogP) is 1.78. The molecule has 0 heterocycles. The molecule has 0 aliphatic carbocycles. The van der Waals surface area contributed by atoms with Crippen LogP contribution >= 0.6 is 0 Å². The average Bonchev–Trinajstić information content (AvgIpc) is 2.44. The molecule has 0 spiro atoms. The average molecular weight is 310 g/mol. The van der Waals surface area contributed by atoms with Crippen molar-refractivity contribution in [1.29, 1.82) is 5.26 Å². The summed E-state index contributed by atoms with van der Waals surface area (Å²) in [7, 11) is -3.49. The number of hydrogen-bond acceptors (Lipinski definition) is 4. The highest BCUT2D eigenvalue weighted by Gasteiger charge is 2.21. The van der Waals surface area contributed by atoms with Crippen LogP contribution in [-0.4, -0.2) is 26.7 Å². The number of hydrogen-bond donors (Lipinski definition) is 2. The second kappa shape index (κ2) is 7.55. The third kappa shape index (κ3) is 6.25. The Kier molecular flexibility index (Phi) is 6.34. The molecule has 21 heavy (non-hydrogen) atoms. The standard InChI is InChI=1S/C15H22N2O3S/c1-15(2,8-5-9-18)12-17-21(19,20)11-14-7-4-3-6-13(14)10-16/h3-4,6-7,17-18H,5,8-9,11-12H2,1-2H3. The molecule has 0 saturated carbocycles. The van der Waals surface area contributed by atoms with Crippen LogP contribution < -0.4 is 4.72 Å². The molecule has 0 fully saturated rings. The molecule has 116 valence electrons. The summed E-state index contributed by atoms with van der Waals surface area (Å²) in [6, 6.07) is 8.68. The Morgan fingerprint density at radius 3 is 2.62 bits per heavy atom. The van der Waals surface area contributed by atoms with Gasteiger partial charge >= 0.3 is 0 Å². The molecule has 0 atom stereocenters. The lowest BCUT2D eigenvalue weighted by molar-refractivity contribution is 0.242. The number of aliphatic hydroxyl groups is 1. The van der Waals surface area contributed by atoms with E-state index in [2.05, 4.69) is 4.72 Å². The smallest absolute Gasteiger partial charge is 0.215 e.